The number of aliphatic hydroxyl groups excluding tert-OH is 1. The third-order valence-electron chi connectivity index (χ3n) is 5.70. The van der Waals surface area contributed by atoms with Crippen LogP contribution in [0.1, 0.15) is 35.2 Å². The summed E-state index contributed by atoms with van der Waals surface area (Å²) >= 11 is 0. The van der Waals surface area contributed by atoms with Crippen LogP contribution in [0.2, 0.25) is 0 Å². The molecular weight excluding hydrogens is 424 g/mol. The van der Waals surface area contributed by atoms with Crippen molar-refractivity contribution in [2.45, 2.75) is 38.0 Å². The van der Waals surface area contributed by atoms with Gasteiger partial charge in [-0.25, -0.2) is 4.79 Å². The number of carbonyl (C=O) groups is 2. The van der Waals surface area contributed by atoms with Crippen LogP contribution in [0.4, 0.5) is 0 Å². The zero-order valence-corrected chi connectivity index (χ0v) is 19.2. The molecule has 8 heteroatoms. The van der Waals surface area contributed by atoms with Crippen molar-refractivity contribution in [2.24, 2.45) is 0 Å². The van der Waals surface area contributed by atoms with E-state index in [1.807, 2.05) is 24.3 Å². The second-order valence-corrected chi connectivity index (χ2v) is 8.04. The molecular formula is C25H32N2O6. The van der Waals surface area contributed by atoms with Gasteiger partial charge in [-0.05, 0) is 49.2 Å². The first-order valence-electron chi connectivity index (χ1n) is 11.1. The monoisotopic (exact) mass is 456 g/mol. The number of methoxy groups -OCH3 is 2. The smallest absolute Gasteiger partial charge is 0.337 e. The second-order valence-electron chi connectivity index (χ2n) is 8.04. The third-order valence-corrected chi connectivity index (χ3v) is 5.70. The van der Waals surface area contributed by atoms with Crippen molar-refractivity contribution in [2.75, 3.05) is 33.9 Å². The van der Waals surface area contributed by atoms with Crippen LogP contribution in [-0.2, 0) is 16.1 Å². The van der Waals surface area contributed by atoms with E-state index in [0.29, 0.717) is 30.0 Å². The molecule has 1 heterocycles. The van der Waals surface area contributed by atoms with Gasteiger partial charge >= 0.3 is 5.97 Å². The van der Waals surface area contributed by atoms with Gasteiger partial charge in [0.1, 0.15) is 24.2 Å². The second kappa shape index (κ2) is 12.2. The minimum atomic E-state index is -0.776. The van der Waals surface area contributed by atoms with E-state index in [0.717, 1.165) is 24.9 Å². The number of rotatable bonds is 12. The number of esters is 1. The Kier molecular flexibility index (Phi) is 9.09. The maximum atomic E-state index is 12.3. The fourth-order valence-electron chi connectivity index (χ4n) is 3.89. The minimum absolute atomic E-state index is 0.0684. The molecule has 1 saturated heterocycles. The molecule has 2 atom stereocenters. The van der Waals surface area contributed by atoms with E-state index in [1.165, 1.54) is 7.11 Å². The number of benzene rings is 2. The van der Waals surface area contributed by atoms with Crippen molar-refractivity contribution >= 4 is 11.9 Å². The molecule has 3 rings (SSSR count). The molecule has 0 aromatic heterocycles. The number of hydrogen-bond acceptors (Lipinski definition) is 7. The maximum Gasteiger partial charge on any atom is 0.337 e. The minimum Gasteiger partial charge on any atom is -0.497 e. The van der Waals surface area contributed by atoms with E-state index in [-0.39, 0.29) is 31.1 Å². The van der Waals surface area contributed by atoms with E-state index >= 15 is 0 Å². The lowest BCUT2D eigenvalue weighted by atomic mass is 10.1. The van der Waals surface area contributed by atoms with Crippen LogP contribution >= 0.6 is 0 Å². The van der Waals surface area contributed by atoms with Crippen molar-refractivity contribution in [3.05, 3.63) is 59.7 Å². The summed E-state index contributed by atoms with van der Waals surface area (Å²) in [5.41, 5.74) is 1.59. The van der Waals surface area contributed by atoms with Crippen LogP contribution in [0.3, 0.4) is 0 Å². The molecule has 33 heavy (non-hydrogen) atoms. The Bertz CT molecular complexity index is 917. The maximum absolute atomic E-state index is 12.3. The number of ether oxygens (including phenoxy) is 3. The average molecular weight is 457 g/mol. The Labute approximate surface area is 194 Å². The highest BCUT2D eigenvalue weighted by Gasteiger charge is 2.31. The summed E-state index contributed by atoms with van der Waals surface area (Å²) in [6.45, 7) is 1.76. The van der Waals surface area contributed by atoms with Crippen LogP contribution < -0.4 is 14.8 Å². The van der Waals surface area contributed by atoms with Gasteiger partial charge in [-0.15, -0.1) is 0 Å². The van der Waals surface area contributed by atoms with Crippen LogP contribution in [0.15, 0.2) is 48.5 Å². The molecule has 2 aromatic rings. The van der Waals surface area contributed by atoms with Crippen LogP contribution in [0.25, 0.3) is 0 Å². The van der Waals surface area contributed by atoms with Gasteiger partial charge in [0.05, 0.1) is 26.3 Å². The van der Waals surface area contributed by atoms with Gasteiger partial charge in [0.2, 0.25) is 5.91 Å². The van der Waals surface area contributed by atoms with Gasteiger partial charge in [-0.1, -0.05) is 18.2 Å². The molecule has 1 aliphatic heterocycles. The van der Waals surface area contributed by atoms with Crippen molar-refractivity contribution in [1.82, 2.24) is 10.2 Å². The number of carbonyl (C=O) groups excluding carboxylic acids is 2. The lowest BCUT2D eigenvalue weighted by Crippen LogP contribution is -2.42. The molecule has 1 amide bonds. The topological polar surface area (TPSA) is 97.3 Å². The van der Waals surface area contributed by atoms with Crippen molar-refractivity contribution in [1.29, 1.82) is 0 Å². The lowest BCUT2D eigenvalue weighted by molar-refractivity contribution is -0.130. The molecule has 0 unspecified atom stereocenters. The zero-order chi connectivity index (χ0) is 23.6. The number of hydrogen-bond donors (Lipinski definition) is 2. The predicted octanol–water partition coefficient (Wildman–Crippen LogP) is 2.39. The number of β-amino-alcohol motifs (C(OH)–C–C–N with tert-alkyl or cyclic N) is 1. The highest BCUT2D eigenvalue weighted by Crippen LogP contribution is 2.22. The van der Waals surface area contributed by atoms with Crippen LogP contribution in [0.5, 0.6) is 11.5 Å². The molecule has 1 aliphatic rings. The number of nitrogens with one attached hydrogen (secondary N) is 1. The molecule has 178 valence electrons. The quantitative estimate of drug-likeness (QED) is 0.374. The normalized spacial score (nSPS) is 16.5. The lowest BCUT2D eigenvalue weighted by Gasteiger charge is -2.27. The van der Waals surface area contributed by atoms with E-state index in [4.69, 9.17) is 14.2 Å². The summed E-state index contributed by atoms with van der Waals surface area (Å²) in [5, 5.41) is 13.8. The first-order chi connectivity index (χ1) is 16.0. The van der Waals surface area contributed by atoms with Crippen molar-refractivity contribution in [3.8, 4) is 11.5 Å². The Balaban J connectivity index is 1.41. The Morgan fingerprint density at radius 2 is 1.94 bits per heavy atom. The number of nitrogens with zero attached hydrogens (tertiary/aromatic N) is 1. The molecule has 8 nitrogen and oxygen atoms in total. The van der Waals surface area contributed by atoms with Gasteiger partial charge in [0.15, 0.2) is 0 Å². The molecule has 0 radical (unpaired) electrons. The fraction of sp³-hybridized carbons (Fsp3) is 0.440. The summed E-state index contributed by atoms with van der Waals surface area (Å²) in [4.78, 5) is 25.6. The Morgan fingerprint density at radius 1 is 1.18 bits per heavy atom. The first kappa shape index (κ1) is 24.5. The predicted molar refractivity (Wildman–Crippen MR) is 123 cm³/mol. The van der Waals surface area contributed by atoms with E-state index < -0.39 is 6.10 Å². The van der Waals surface area contributed by atoms with Crippen molar-refractivity contribution in [3.63, 3.8) is 0 Å². The molecule has 1 fully saturated rings. The van der Waals surface area contributed by atoms with Gasteiger partial charge < -0.3 is 29.5 Å². The van der Waals surface area contributed by atoms with Gasteiger partial charge in [0, 0.05) is 25.1 Å². The van der Waals surface area contributed by atoms with Gasteiger partial charge in [0.25, 0.3) is 0 Å². The molecule has 2 aromatic carbocycles. The molecule has 0 spiro atoms. The van der Waals surface area contributed by atoms with Gasteiger partial charge in [-0.3, -0.25) is 4.79 Å². The third kappa shape index (κ3) is 7.20. The van der Waals surface area contributed by atoms with Crippen LogP contribution in [-0.4, -0.2) is 67.9 Å². The first-order valence-corrected chi connectivity index (χ1v) is 11.1. The SMILES string of the molecule is COC(=O)c1ccc(CNCC[C@@H]2CCC(=O)N2C[C@@H](O)COc2cccc(OC)c2)cc1. The summed E-state index contributed by atoms with van der Waals surface area (Å²) in [5.74, 6) is 1.01. The molecule has 2 N–H and O–H groups in total. The zero-order valence-electron chi connectivity index (χ0n) is 19.2. The molecule has 0 saturated carbocycles. The van der Waals surface area contributed by atoms with Gasteiger partial charge in [-0.2, -0.15) is 0 Å². The summed E-state index contributed by atoms with van der Waals surface area (Å²) < 4.78 is 15.5. The number of likely N-dealkylation sites (tertiary alicyclic amines) is 1. The fourth-order valence-corrected chi connectivity index (χ4v) is 3.89. The highest BCUT2D eigenvalue weighted by molar-refractivity contribution is 5.89. The Morgan fingerprint density at radius 3 is 2.67 bits per heavy atom. The Hall–Kier alpha value is -3.10. The largest absolute Gasteiger partial charge is 0.497 e. The molecule has 0 aliphatic carbocycles. The average Bonchev–Trinajstić information content (AvgIpc) is 3.19. The number of amides is 1. The van der Waals surface area contributed by atoms with Crippen molar-refractivity contribution < 1.29 is 28.9 Å². The molecule has 0 bridgehead atoms. The van der Waals surface area contributed by atoms with Crippen LogP contribution in [0, 0.1) is 0 Å². The summed E-state index contributed by atoms with van der Waals surface area (Å²) in [6, 6.07) is 14.6. The summed E-state index contributed by atoms with van der Waals surface area (Å²) in [6.07, 6.45) is 1.32. The standard InChI is InChI=1S/C25H32N2O6/c1-31-22-4-3-5-23(14-22)33-17-21(28)16-27-20(10-11-24(27)29)12-13-26-15-18-6-8-19(9-7-18)25(30)32-2/h3-9,14,20-21,26,28H,10-13,15-17H2,1-2H3/t20-,21+/m0/s1. The van der Waals surface area contributed by atoms with E-state index in [9.17, 15) is 14.7 Å². The van der Waals surface area contributed by atoms with E-state index in [2.05, 4.69) is 5.32 Å². The summed E-state index contributed by atoms with van der Waals surface area (Å²) in [7, 11) is 2.95. The van der Waals surface area contributed by atoms with E-state index in [1.54, 1.807) is 36.3 Å². The highest BCUT2D eigenvalue weighted by atomic mass is 16.5. The number of aliphatic hydroxyl groups is 1.